The Labute approximate surface area is 153 Å². The lowest BCUT2D eigenvalue weighted by atomic mass is 9.97. The number of nitrogens with one attached hydrogen (secondary N) is 1. The molecular weight excluding hydrogens is 376 g/mol. The fourth-order valence-corrected chi connectivity index (χ4v) is 2.98. The summed E-state index contributed by atoms with van der Waals surface area (Å²) in [5.74, 6) is 0. The van der Waals surface area contributed by atoms with Gasteiger partial charge >= 0.3 is 0 Å². The first-order valence-electron chi connectivity index (χ1n) is 6.72. The molecule has 0 amide bonds. The first-order valence-corrected chi connectivity index (χ1v) is 8.23. The van der Waals surface area contributed by atoms with E-state index in [0.29, 0.717) is 31.2 Å². The number of hydrogen-bond donors (Lipinski definition) is 2. The average Bonchev–Trinajstić information content (AvgIpc) is 3.01. The molecule has 6 heteroatoms. The second-order valence-electron chi connectivity index (χ2n) is 5.03. The number of rotatable bonds is 3. The monoisotopic (exact) mass is 385 g/mol. The summed E-state index contributed by atoms with van der Waals surface area (Å²) in [5, 5.41) is 12.5. The highest BCUT2D eigenvalue weighted by Crippen LogP contribution is 2.36. The zero-order valence-corrected chi connectivity index (χ0v) is 14.7. The molecule has 0 spiro atoms. The van der Waals surface area contributed by atoms with Crippen molar-refractivity contribution in [1.82, 2.24) is 4.98 Å². The summed E-state index contributed by atoms with van der Waals surface area (Å²) < 4.78 is 0. The summed E-state index contributed by atoms with van der Waals surface area (Å²) in [6, 6.07) is 10.4. The summed E-state index contributed by atoms with van der Waals surface area (Å²) in [4.78, 5) is 3.01. The number of H-pyrrole nitrogens is 1. The number of halogens is 4. The van der Waals surface area contributed by atoms with Crippen molar-refractivity contribution in [3.8, 4) is 11.1 Å². The second-order valence-corrected chi connectivity index (χ2v) is 6.66. The summed E-state index contributed by atoms with van der Waals surface area (Å²) in [6.07, 6.45) is 2.70. The lowest BCUT2D eigenvalue weighted by Crippen LogP contribution is -2.00. The lowest BCUT2D eigenvalue weighted by Gasteiger charge is -2.13. The molecule has 0 aliphatic carbocycles. The molecule has 0 aliphatic rings. The van der Waals surface area contributed by atoms with E-state index < -0.39 is 6.10 Å². The van der Waals surface area contributed by atoms with Crippen LogP contribution in [0, 0.1) is 0 Å². The Hall–Kier alpha value is -1.16. The summed E-state index contributed by atoms with van der Waals surface area (Å²) in [5.41, 5.74) is 3.05. The topological polar surface area (TPSA) is 36.0 Å². The third-order valence-electron chi connectivity index (χ3n) is 3.56. The van der Waals surface area contributed by atoms with E-state index in [1.54, 1.807) is 42.7 Å². The van der Waals surface area contributed by atoms with Crippen molar-refractivity contribution in [3.63, 3.8) is 0 Å². The van der Waals surface area contributed by atoms with Gasteiger partial charge in [0.05, 0.1) is 20.1 Å². The minimum absolute atomic E-state index is 0.398. The first-order chi connectivity index (χ1) is 11.0. The van der Waals surface area contributed by atoms with Crippen molar-refractivity contribution < 1.29 is 5.11 Å². The van der Waals surface area contributed by atoms with E-state index in [4.69, 9.17) is 46.4 Å². The third kappa shape index (κ3) is 3.37. The predicted octanol–water partition coefficient (Wildman–Crippen LogP) is 6.38. The number of benzene rings is 2. The van der Waals surface area contributed by atoms with Crippen molar-refractivity contribution in [2.75, 3.05) is 0 Å². The average molecular weight is 387 g/mol. The van der Waals surface area contributed by atoms with Gasteiger partial charge in [0, 0.05) is 23.5 Å². The van der Waals surface area contributed by atoms with E-state index in [1.807, 2.05) is 6.07 Å². The van der Waals surface area contributed by atoms with E-state index in [-0.39, 0.29) is 0 Å². The summed E-state index contributed by atoms with van der Waals surface area (Å²) >= 11 is 24.0. The Kier molecular flexibility index (Phi) is 4.90. The van der Waals surface area contributed by atoms with Crippen molar-refractivity contribution in [3.05, 3.63) is 80.0 Å². The zero-order chi connectivity index (χ0) is 16.6. The molecule has 3 rings (SSSR count). The molecule has 2 aromatic carbocycles. The Morgan fingerprint density at radius 2 is 1.43 bits per heavy atom. The van der Waals surface area contributed by atoms with Gasteiger partial charge in [-0.25, -0.2) is 0 Å². The Morgan fingerprint density at radius 1 is 0.783 bits per heavy atom. The second kappa shape index (κ2) is 6.76. The molecule has 3 aromatic rings. The molecule has 1 atom stereocenters. The smallest absolute Gasteiger partial charge is 0.106 e. The van der Waals surface area contributed by atoms with Crippen LogP contribution in [0.2, 0.25) is 20.1 Å². The summed E-state index contributed by atoms with van der Waals surface area (Å²) in [7, 11) is 0. The number of aromatic nitrogens is 1. The standard InChI is InChI=1S/C17H11Cl4NO/c18-13-3-1-9(5-15(13)20)11-7-22-8-12(11)17(23)10-2-4-14(19)16(21)6-10/h1-8,17,22-23H. The third-order valence-corrected chi connectivity index (χ3v) is 5.04. The highest BCUT2D eigenvalue weighted by atomic mass is 35.5. The van der Waals surface area contributed by atoms with Gasteiger partial charge in [0.25, 0.3) is 0 Å². The van der Waals surface area contributed by atoms with Crippen LogP contribution in [0.5, 0.6) is 0 Å². The van der Waals surface area contributed by atoms with E-state index >= 15 is 0 Å². The van der Waals surface area contributed by atoms with Gasteiger partial charge in [-0.1, -0.05) is 58.5 Å². The highest BCUT2D eigenvalue weighted by Gasteiger charge is 2.18. The molecule has 0 saturated heterocycles. The van der Waals surface area contributed by atoms with Crippen LogP contribution in [0.1, 0.15) is 17.2 Å². The molecule has 0 bridgehead atoms. The first kappa shape index (κ1) is 16.7. The van der Waals surface area contributed by atoms with E-state index in [9.17, 15) is 5.11 Å². The molecule has 0 radical (unpaired) electrons. The molecule has 2 nitrogen and oxygen atoms in total. The zero-order valence-electron chi connectivity index (χ0n) is 11.7. The number of aliphatic hydroxyl groups is 1. The fraction of sp³-hybridized carbons (Fsp3) is 0.0588. The quantitative estimate of drug-likeness (QED) is 0.538. The van der Waals surface area contributed by atoms with E-state index in [2.05, 4.69) is 4.98 Å². The van der Waals surface area contributed by atoms with Gasteiger partial charge in [-0.05, 0) is 35.4 Å². The van der Waals surface area contributed by atoms with Crippen molar-refractivity contribution >= 4 is 46.4 Å². The van der Waals surface area contributed by atoms with Crippen LogP contribution in [0.15, 0.2) is 48.8 Å². The highest BCUT2D eigenvalue weighted by molar-refractivity contribution is 6.42. The van der Waals surface area contributed by atoms with Crippen LogP contribution in [-0.4, -0.2) is 10.1 Å². The molecule has 0 aliphatic heterocycles. The van der Waals surface area contributed by atoms with Gasteiger partial charge in [0.15, 0.2) is 0 Å². The van der Waals surface area contributed by atoms with Gasteiger partial charge in [0.1, 0.15) is 6.10 Å². The van der Waals surface area contributed by atoms with Crippen LogP contribution in [-0.2, 0) is 0 Å². The van der Waals surface area contributed by atoms with Crippen LogP contribution in [0.4, 0.5) is 0 Å². The number of aliphatic hydroxyl groups excluding tert-OH is 1. The summed E-state index contributed by atoms with van der Waals surface area (Å²) in [6.45, 7) is 0. The molecule has 23 heavy (non-hydrogen) atoms. The maximum absolute atomic E-state index is 10.7. The Morgan fingerprint density at radius 3 is 2.09 bits per heavy atom. The van der Waals surface area contributed by atoms with Gasteiger partial charge in [-0.2, -0.15) is 0 Å². The minimum Gasteiger partial charge on any atom is -0.384 e. The van der Waals surface area contributed by atoms with Gasteiger partial charge in [0.2, 0.25) is 0 Å². The molecule has 1 unspecified atom stereocenters. The van der Waals surface area contributed by atoms with Crippen LogP contribution < -0.4 is 0 Å². The largest absolute Gasteiger partial charge is 0.384 e. The number of hydrogen-bond acceptors (Lipinski definition) is 1. The fourth-order valence-electron chi connectivity index (χ4n) is 2.38. The molecule has 0 saturated carbocycles. The molecule has 1 heterocycles. The molecule has 118 valence electrons. The van der Waals surface area contributed by atoms with Crippen molar-refractivity contribution in [1.29, 1.82) is 0 Å². The molecule has 1 aromatic heterocycles. The lowest BCUT2D eigenvalue weighted by molar-refractivity contribution is 0.221. The molecular formula is C17H11Cl4NO. The Balaban J connectivity index is 2.02. The molecule has 0 fully saturated rings. The van der Waals surface area contributed by atoms with Gasteiger partial charge < -0.3 is 10.1 Å². The van der Waals surface area contributed by atoms with Gasteiger partial charge in [-0.3, -0.25) is 0 Å². The Bertz CT molecular complexity index is 860. The van der Waals surface area contributed by atoms with Gasteiger partial charge in [-0.15, -0.1) is 0 Å². The maximum atomic E-state index is 10.7. The van der Waals surface area contributed by atoms with E-state index in [1.165, 1.54) is 0 Å². The van der Waals surface area contributed by atoms with Crippen LogP contribution in [0.25, 0.3) is 11.1 Å². The van der Waals surface area contributed by atoms with Crippen molar-refractivity contribution in [2.45, 2.75) is 6.10 Å². The molecule has 2 N–H and O–H groups in total. The predicted molar refractivity (Wildman–Crippen MR) is 96.8 cm³/mol. The number of aromatic amines is 1. The van der Waals surface area contributed by atoms with Crippen LogP contribution >= 0.6 is 46.4 Å². The SMILES string of the molecule is OC(c1ccc(Cl)c(Cl)c1)c1c[nH]cc1-c1ccc(Cl)c(Cl)c1. The maximum Gasteiger partial charge on any atom is 0.106 e. The van der Waals surface area contributed by atoms with Crippen molar-refractivity contribution in [2.24, 2.45) is 0 Å². The van der Waals surface area contributed by atoms with Crippen LogP contribution in [0.3, 0.4) is 0 Å². The minimum atomic E-state index is -0.847. The van der Waals surface area contributed by atoms with E-state index in [0.717, 1.165) is 11.1 Å². The normalized spacial score (nSPS) is 12.4.